The lowest BCUT2D eigenvalue weighted by molar-refractivity contribution is 0.301. The van der Waals surface area contributed by atoms with Crippen LogP contribution in [0.5, 0.6) is 5.75 Å². The van der Waals surface area contributed by atoms with Crippen LogP contribution in [0.2, 0.25) is 0 Å². The van der Waals surface area contributed by atoms with Gasteiger partial charge in [0.25, 0.3) is 0 Å². The zero-order chi connectivity index (χ0) is 15.6. The van der Waals surface area contributed by atoms with E-state index in [0.29, 0.717) is 6.61 Å². The Morgan fingerprint density at radius 2 is 1.95 bits per heavy atom. The van der Waals surface area contributed by atoms with Crippen molar-refractivity contribution in [2.45, 2.75) is 32.8 Å². The molecule has 2 heterocycles. The van der Waals surface area contributed by atoms with Gasteiger partial charge in [-0.2, -0.15) is 0 Å². The molecule has 0 N–H and O–H groups in total. The van der Waals surface area contributed by atoms with E-state index >= 15 is 0 Å². The quantitative estimate of drug-likeness (QED) is 0.740. The predicted octanol–water partition coefficient (Wildman–Crippen LogP) is 3.00. The Kier molecular flexibility index (Phi) is 3.89. The number of benzene rings is 1. The van der Waals surface area contributed by atoms with Crippen LogP contribution < -0.4 is 4.74 Å². The molecule has 7 heteroatoms. The maximum atomic E-state index is 5.77. The number of aromatic nitrogens is 5. The van der Waals surface area contributed by atoms with E-state index in [1.54, 1.807) is 22.3 Å². The second-order valence-electron chi connectivity index (χ2n) is 5.93. The van der Waals surface area contributed by atoms with Crippen LogP contribution >= 0.6 is 11.3 Å². The topological polar surface area (TPSA) is 65.7 Å². The summed E-state index contributed by atoms with van der Waals surface area (Å²) in [6.45, 7) is 6.95. The van der Waals surface area contributed by atoms with Gasteiger partial charge in [0.05, 0.1) is 16.4 Å². The molecule has 0 radical (unpaired) electrons. The van der Waals surface area contributed by atoms with Crippen LogP contribution in [0.15, 0.2) is 36.0 Å². The van der Waals surface area contributed by atoms with E-state index in [4.69, 9.17) is 4.74 Å². The van der Waals surface area contributed by atoms with Gasteiger partial charge in [0.15, 0.2) is 0 Å². The lowest BCUT2D eigenvalue weighted by atomic mass is 9.98. The number of tetrazole rings is 1. The van der Waals surface area contributed by atoms with Crippen molar-refractivity contribution < 1.29 is 4.74 Å². The molecule has 0 fully saturated rings. The molecule has 0 aliphatic rings. The molecular formula is C15H17N5OS. The van der Waals surface area contributed by atoms with E-state index in [9.17, 15) is 0 Å². The van der Waals surface area contributed by atoms with Crippen LogP contribution in [0.4, 0.5) is 0 Å². The Hall–Kier alpha value is -2.28. The van der Waals surface area contributed by atoms with Crippen molar-refractivity contribution in [3.63, 3.8) is 0 Å². The second-order valence-corrected chi connectivity index (χ2v) is 6.79. The van der Waals surface area contributed by atoms with E-state index in [2.05, 4.69) is 46.7 Å². The summed E-state index contributed by atoms with van der Waals surface area (Å²) in [6, 6.07) is 7.61. The summed E-state index contributed by atoms with van der Waals surface area (Å²) < 4.78 is 7.37. The first-order chi connectivity index (χ1) is 10.5. The number of ether oxygens (including phenoxy) is 1. The molecule has 0 amide bonds. The first-order valence-electron chi connectivity index (χ1n) is 6.93. The lowest BCUT2D eigenvalue weighted by Crippen LogP contribution is -2.10. The first-order valence-corrected chi connectivity index (χ1v) is 7.81. The molecule has 0 saturated carbocycles. The molecule has 22 heavy (non-hydrogen) atoms. The number of hydrogen-bond acceptors (Lipinski definition) is 6. The molecule has 3 aromatic rings. The maximum Gasteiger partial charge on any atom is 0.143 e. The van der Waals surface area contributed by atoms with Gasteiger partial charge in [-0.3, -0.25) is 0 Å². The predicted molar refractivity (Wildman–Crippen MR) is 84.3 cm³/mol. The fourth-order valence-corrected chi connectivity index (χ4v) is 2.74. The molecule has 0 aliphatic carbocycles. The smallest absolute Gasteiger partial charge is 0.143 e. The van der Waals surface area contributed by atoms with Gasteiger partial charge in [0.1, 0.15) is 18.7 Å². The molecule has 0 unspecified atom stereocenters. The van der Waals surface area contributed by atoms with E-state index in [-0.39, 0.29) is 5.41 Å². The minimum atomic E-state index is 0.0798. The van der Waals surface area contributed by atoms with Crippen molar-refractivity contribution in [1.29, 1.82) is 0 Å². The molecule has 114 valence electrons. The van der Waals surface area contributed by atoms with Gasteiger partial charge in [-0.1, -0.05) is 20.8 Å². The maximum absolute atomic E-state index is 5.77. The SMILES string of the molecule is CC(C)(C)c1nc(COc2ccc(-n3cnnn3)cc2)cs1. The summed E-state index contributed by atoms with van der Waals surface area (Å²) in [5.41, 5.74) is 1.93. The van der Waals surface area contributed by atoms with Crippen molar-refractivity contribution in [2.75, 3.05) is 0 Å². The number of nitrogens with zero attached hydrogens (tertiary/aromatic N) is 5. The van der Waals surface area contributed by atoms with Crippen LogP contribution in [0.3, 0.4) is 0 Å². The van der Waals surface area contributed by atoms with E-state index in [1.807, 2.05) is 24.3 Å². The van der Waals surface area contributed by atoms with Crippen LogP contribution in [0.1, 0.15) is 31.5 Å². The van der Waals surface area contributed by atoms with Gasteiger partial charge in [0, 0.05) is 10.8 Å². The molecule has 1 aromatic carbocycles. The molecule has 6 nitrogen and oxygen atoms in total. The normalized spacial score (nSPS) is 11.6. The standard InChI is InChI=1S/C15H17N5OS/c1-15(2,3)14-17-11(9-22-14)8-21-13-6-4-12(5-7-13)20-10-16-18-19-20/h4-7,9-10H,8H2,1-3H3. The Morgan fingerprint density at radius 3 is 2.55 bits per heavy atom. The number of hydrogen-bond donors (Lipinski definition) is 0. The van der Waals surface area contributed by atoms with Crippen LogP contribution in [0, 0.1) is 0 Å². The molecular weight excluding hydrogens is 298 g/mol. The van der Waals surface area contributed by atoms with Gasteiger partial charge >= 0.3 is 0 Å². The zero-order valence-corrected chi connectivity index (χ0v) is 13.5. The average molecular weight is 315 g/mol. The molecule has 0 bridgehead atoms. The highest BCUT2D eigenvalue weighted by atomic mass is 32.1. The third-order valence-electron chi connectivity index (χ3n) is 3.03. The van der Waals surface area contributed by atoms with Gasteiger partial charge in [-0.15, -0.1) is 16.4 Å². The molecule has 0 saturated heterocycles. The molecule has 3 rings (SSSR count). The second kappa shape index (κ2) is 5.84. The molecule has 0 atom stereocenters. The minimum Gasteiger partial charge on any atom is -0.487 e. The van der Waals surface area contributed by atoms with Crippen molar-refractivity contribution in [2.24, 2.45) is 0 Å². The average Bonchev–Trinajstić information content (AvgIpc) is 3.16. The zero-order valence-electron chi connectivity index (χ0n) is 12.7. The number of rotatable bonds is 4. The monoisotopic (exact) mass is 315 g/mol. The van der Waals surface area contributed by atoms with Crippen LogP contribution in [-0.4, -0.2) is 25.2 Å². The molecule has 0 spiro atoms. The fourth-order valence-electron chi connectivity index (χ4n) is 1.85. The Morgan fingerprint density at radius 1 is 1.18 bits per heavy atom. The summed E-state index contributed by atoms with van der Waals surface area (Å²) in [5.74, 6) is 0.794. The third kappa shape index (κ3) is 3.30. The molecule has 0 aliphatic heterocycles. The van der Waals surface area contributed by atoms with Crippen LogP contribution in [-0.2, 0) is 12.0 Å². The minimum absolute atomic E-state index is 0.0798. The summed E-state index contributed by atoms with van der Waals surface area (Å²) in [5, 5.41) is 14.2. The van der Waals surface area contributed by atoms with E-state index < -0.39 is 0 Å². The fraction of sp³-hybridized carbons (Fsp3) is 0.333. The van der Waals surface area contributed by atoms with E-state index in [0.717, 1.165) is 22.1 Å². The Balaban J connectivity index is 1.63. The van der Waals surface area contributed by atoms with Crippen molar-refractivity contribution in [3.05, 3.63) is 46.7 Å². The number of thiazole rings is 1. The Labute approximate surface area is 132 Å². The van der Waals surface area contributed by atoms with Gasteiger partial charge in [0.2, 0.25) is 0 Å². The highest BCUT2D eigenvalue weighted by molar-refractivity contribution is 7.09. The van der Waals surface area contributed by atoms with Crippen molar-refractivity contribution in [3.8, 4) is 11.4 Å². The van der Waals surface area contributed by atoms with Gasteiger partial charge in [-0.05, 0) is 34.7 Å². The summed E-state index contributed by atoms with van der Waals surface area (Å²) in [4.78, 5) is 4.62. The summed E-state index contributed by atoms with van der Waals surface area (Å²) in [7, 11) is 0. The van der Waals surface area contributed by atoms with Crippen molar-refractivity contribution in [1.82, 2.24) is 25.2 Å². The van der Waals surface area contributed by atoms with Crippen LogP contribution in [0.25, 0.3) is 5.69 Å². The highest BCUT2D eigenvalue weighted by Crippen LogP contribution is 2.26. The van der Waals surface area contributed by atoms with Gasteiger partial charge < -0.3 is 4.74 Å². The van der Waals surface area contributed by atoms with E-state index in [1.165, 1.54) is 0 Å². The van der Waals surface area contributed by atoms with Crippen molar-refractivity contribution >= 4 is 11.3 Å². The highest BCUT2D eigenvalue weighted by Gasteiger charge is 2.17. The Bertz CT molecular complexity index is 728. The molecule has 2 aromatic heterocycles. The third-order valence-corrected chi connectivity index (χ3v) is 4.35. The van der Waals surface area contributed by atoms with Gasteiger partial charge in [-0.25, -0.2) is 9.67 Å². The summed E-state index contributed by atoms with van der Waals surface area (Å²) >= 11 is 1.68. The summed E-state index contributed by atoms with van der Waals surface area (Å²) in [6.07, 6.45) is 1.55. The first kappa shape index (κ1) is 14.6. The largest absolute Gasteiger partial charge is 0.487 e. The lowest BCUT2D eigenvalue weighted by Gasteiger charge is -2.13.